The number of rotatable bonds is 1. The van der Waals surface area contributed by atoms with Crippen LogP contribution in [0.25, 0.3) is 54.9 Å². The van der Waals surface area contributed by atoms with Crippen LogP contribution in [0.4, 0.5) is 0 Å². The minimum atomic E-state index is 0.712. The standard InChI is InChI=1S/C24H17N2O/c1-14-13-18-16-8-4-3-7-15(16)17-10-11-25-24-22(17)21(18)23(27-24)20(14)19-9-5-6-12-26(19)2/h3-13H,1-2H3/q+1. The minimum Gasteiger partial charge on any atom is -0.437 e. The molecule has 6 aromatic rings. The molecule has 0 atom stereocenters. The van der Waals surface area contributed by atoms with Crippen molar-refractivity contribution in [2.24, 2.45) is 7.05 Å². The molecule has 0 radical (unpaired) electrons. The van der Waals surface area contributed by atoms with E-state index in [0.29, 0.717) is 5.71 Å². The number of nitrogens with zero attached hydrogens (tertiary/aromatic N) is 2. The van der Waals surface area contributed by atoms with Crippen molar-refractivity contribution in [1.82, 2.24) is 4.98 Å². The van der Waals surface area contributed by atoms with Gasteiger partial charge in [-0.15, -0.1) is 0 Å². The summed E-state index contributed by atoms with van der Waals surface area (Å²) in [6, 6.07) is 19.2. The Labute approximate surface area is 155 Å². The van der Waals surface area contributed by atoms with Gasteiger partial charge in [-0.25, -0.2) is 9.55 Å². The number of fused-ring (bicyclic) bond motifs is 3. The van der Waals surface area contributed by atoms with Gasteiger partial charge in [0.05, 0.1) is 10.9 Å². The average molecular weight is 349 g/mol. The van der Waals surface area contributed by atoms with E-state index < -0.39 is 0 Å². The third-order valence-corrected chi connectivity index (χ3v) is 5.66. The van der Waals surface area contributed by atoms with Crippen molar-refractivity contribution < 1.29 is 8.98 Å². The number of benzene rings is 3. The largest absolute Gasteiger partial charge is 0.437 e. The molecule has 0 amide bonds. The van der Waals surface area contributed by atoms with Crippen LogP contribution in [0.5, 0.6) is 0 Å². The van der Waals surface area contributed by atoms with Crippen LogP contribution >= 0.6 is 0 Å². The molecular formula is C24H17N2O+. The van der Waals surface area contributed by atoms with Gasteiger partial charge in [0, 0.05) is 23.7 Å². The maximum absolute atomic E-state index is 6.38. The Morgan fingerprint density at radius 3 is 2.44 bits per heavy atom. The molecule has 0 aliphatic carbocycles. The molecule has 3 nitrogen and oxygen atoms in total. The summed E-state index contributed by atoms with van der Waals surface area (Å²) in [5, 5.41) is 7.25. The predicted molar refractivity (Wildman–Crippen MR) is 109 cm³/mol. The summed E-state index contributed by atoms with van der Waals surface area (Å²) in [6.07, 6.45) is 3.92. The maximum Gasteiger partial charge on any atom is 0.227 e. The summed E-state index contributed by atoms with van der Waals surface area (Å²) in [5.41, 5.74) is 5.12. The van der Waals surface area contributed by atoms with Gasteiger partial charge in [0.2, 0.25) is 11.4 Å². The lowest BCUT2D eigenvalue weighted by molar-refractivity contribution is -0.660. The van der Waals surface area contributed by atoms with Gasteiger partial charge in [-0.05, 0) is 52.2 Å². The molecule has 0 unspecified atom stereocenters. The molecule has 0 bridgehead atoms. The fourth-order valence-electron chi connectivity index (χ4n) is 4.49. The molecule has 3 heteroatoms. The van der Waals surface area contributed by atoms with Crippen LogP contribution in [-0.2, 0) is 7.05 Å². The molecule has 0 spiro atoms. The molecule has 3 aromatic carbocycles. The van der Waals surface area contributed by atoms with Crippen molar-refractivity contribution in [3.05, 3.63) is 72.6 Å². The van der Waals surface area contributed by atoms with Crippen molar-refractivity contribution >= 4 is 43.6 Å². The highest BCUT2D eigenvalue weighted by Gasteiger charge is 2.25. The topological polar surface area (TPSA) is 29.9 Å². The molecule has 0 saturated carbocycles. The van der Waals surface area contributed by atoms with E-state index >= 15 is 0 Å². The summed E-state index contributed by atoms with van der Waals surface area (Å²) < 4.78 is 8.52. The molecule has 3 aromatic heterocycles. The van der Waals surface area contributed by atoms with Crippen molar-refractivity contribution in [2.75, 3.05) is 0 Å². The SMILES string of the molecule is Cc1cc2c3ccccc3c3ccnc4oc(c1-c1cccc[n+]1C)c2c43. The first kappa shape index (κ1) is 14.7. The van der Waals surface area contributed by atoms with E-state index in [-0.39, 0.29) is 0 Å². The smallest absolute Gasteiger partial charge is 0.227 e. The zero-order chi connectivity index (χ0) is 18.1. The normalized spacial score (nSPS) is 12.1. The monoisotopic (exact) mass is 349 g/mol. The van der Waals surface area contributed by atoms with Crippen LogP contribution < -0.4 is 4.57 Å². The van der Waals surface area contributed by atoms with E-state index in [1.54, 1.807) is 0 Å². The highest BCUT2D eigenvalue weighted by atomic mass is 16.3. The number of pyridine rings is 2. The summed E-state index contributed by atoms with van der Waals surface area (Å²) in [4.78, 5) is 4.54. The number of hydrogen-bond donors (Lipinski definition) is 0. The van der Waals surface area contributed by atoms with Crippen molar-refractivity contribution in [3.63, 3.8) is 0 Å². The highest BCUT2D eigenvalue weighted by molar-refractivity contribution is 6.33. The van der Waals surface area contributed by atoms with Gasteiger partial charge in [-0.3, -0.25) is 0 Å². The number of aromatic nitrogens is 2. The fourth-order valence-corrected chi connectivity index (χ4v) is 4.49. The van der Waals surface area contributed by atoms with Gasteiger partial charge in [0.25, 0.3) is 0 Å². The molecule has 0 saturated heterocycles. The molecule has 27 heavy (non-hydrogen) atoms. The lowest BCUT2D eigenvalue weighted by Gasteiger charge is -2.11. The molecular weight excluding hydrogens is 332 g/mol. The van der Waals surface area contributed by atoms with E-state index in [2.05, 4.69) is 78.3 Å². The third kappa shape index (κ3) is 1.81. The van der Waals surface area contributed by atoms with E-state index in [1.165, 1.54) is 32.5 Å². The second-order valence-electron chi connectivity index (χ2n) is 7.20. The van der Waals surface area contributed by atoms with Gasteiger partial charge in [0.15, 0.2) is 11.8 Å². The third-order valence-electron chi connectivity index (χ3n) is 5.66. The Morgan fingerprint density at radius 2 is 1.63 bits per heavy atom. The summed E-state index contributed by atoms with van der Waals surface area (Å²) in [6.45, 7) is 2.16. The lowest BCUT2D eigenvalue weighted by Crippen LogP contribution is -2.30. The summed E-state index contributed by atoms with van der Waals surface area (Å²) in [5.74, 6) is 0. The van der Waals surface area contributed by atoms with Crippen LogP contribution in [0.15, 0.2) is 71.4 Å². The highest BCUT2D eigenvalue weighted by Crippen LogP contribution is 2.45. The molecule has 0 aliphatic heterocycles. The van der Waals surface area contributed by atoms with E-state index in [4.69, 9.17) is 4.42 Å². The van der Waals surface area contributed by atoms with Gasteiger partial charge in [-0.2, -0.15) is 0 Å². The van der Waals surface area contributed by atoms with E-state index in [0.717, 1.165) is 22.2 Å². The Bertz CT molecular complexity index is 1490. The van der Waals surface area contributed by atoms with E-state index in [1.807, 2.05) is 12.3 Å². The number of hydrogen-bond acceptors (Lipinski definition) is 2. The van der Waals surface area contributed by atoms with Crippen LogP contribution in [0.3, 0.4) is 0 Å². The van der Waals surface area contributed by atoms with Crippen molar-refractivity contribution in [2.45, 2.75) is 6.92 Å². The first-order valence-electron chi connectivity index (χ1n) is 9.13. The zero-order valence-corrected chi connectivity index (χ0v) is 15.2. The first-order valence-corrected chi connectivity index (χ1v) is 9.13. The zero-order valence-electron chi connectivity index (χ0n) is 15.2. The molecule has 0 fully saturated rings. The Hall–Kier alpha value is -3.46. The Morgan fingerprint density at radius 1 is 0.852 bits per heavy atom. The second-order valence-corrected chi connectivity index (χ2v) is 7.20. The van der Waals surface area contributed by atoms with Gasteiger partial charge >= 0.3 is 0 Å². The molecule has 6 rings (SSSR count). The number of aryl methyl sites for hydroxylation is 2. The average Bonchev–Trinajstić information content (AvgIpc) is 3.08. The van der Waals surface area contributed by atoms with Crippen molar-refractivity contribution in [3.8, 4) is 11.3 Å². The Kier molecular flexibility index (Phi) is 2.74. The Balaban J connectivity index is 1.94. The lowest BCUT2D eigenvalue weighted by atomic mass is 9.91. The van der Waals surface area contributed by atoms with Gasteiger partial charge < -0.3 is 4.42 Å². The molecule has 0 aliphatic rings. The minimum absolute atomic E-state index is 0.712. The molecule has 3 heterocycles. The van der Waals surface area contributed by atoms with Gasteiger partial charge in [-0.1, -0.05) is 24.3 Å². The van der Waals surface area contributed by atoms with Crippen molar-refractivity contribution in [1.29, 1.82) is 0 Å². The van der Waals surface area contributed by atoms with Gasteiger partial charge in [0.1, 0.15) is 7.05 Å². The maximum atomic E-state index is 6.38. The quantitative estimate of drug-likeness (QED) is 0.289. The summed E-state index contributed by atoms with van der Waals surface area (Å²) >= 11 is 0. The van der Waals surface area contributed by atoms with E-state index in [9.17, 15) is 0 Å². The van der Waals surface area contributed by atoms with Crippen LogP contribution in [0, 0.1) is 6.92 Å². The molecule has 128 valence electrons. The fraction of sp³-hybridized carbons (Fsp3) is 0.0833. The van der Waals surface area contributed by atoms with Crippen LogP contribution in [0.2, 0.25) is 0 Å². The first-order chi connectivity index (χ1) is 13.2. The number of furan rings is 1. The molecule has 0 N–H and O–H groups in total. The van der Waals surface area contributed by atoms with Crippen LogP contribution in [0.1, 0.15) is 5.56 Å². The van der Waals surface area contributed by atoms with Crippen LogP contribution in [-0.4, -0.2) is 4.98 Å². The summed E-state index contributed by atoms with van der Waals surface area (Å²) in [7, 11) is 2.07. The predicted octanol–water partition coefficient (Wildman–Crippen LogP) is 5.53. The second kappa shape index (κ2) is 5.04.